The minimum Gasteiger partial charge on any atom is -0.335 e. The standard InChI is InChI=1S/C12H18N4O3S/c13-20(18,19)16-11-7-3-6-10(8-11)15-12(17)14-9-4-1-2-5-9/h3,6-9,16H,1-2,4-5H2,(H2,13,18,19)(H2,14,15,17). The Kier molecular flexibility index (Phi) is 4.46. The fraction of sp³-hybridized carbons (Fsp3) is 0.417. The van der Waals surface area contributed by atoms with Gasteiger partial charge in [0.05, 0.1) is 5.69 Å². The molecule has 1 aromatic carbocycles. The van der Waals surface area contributed by atoms with Gasteiger partial charge in [0.2, 0.25) is 0 Å². The molecule has 0 unspecified atom stereocenters. The SMILES string of the molecule is NS(=O)(=O)Nc1cccc(NC(=O)NC2CCCC2)c1. The number of carbonyl (C=O) groups excluding carboxylic acids is 1. The van der Waals surface area contributed by atoms with Crippen molar-refractivity contribution in [2.45, 2.75) is 31.7 Å². The quantitative estimate of drug-likeness (QED) is 0.673. The highest BCUT2D eigenvalue weighted by molar-refractivity contribution is 7.90. The fourth-order valence-electron chi connectivity index (χ4n) is 2.25. The summed E-state index contributed by atoms with van der Waals surface area (Å²) in [7, 11) is -3.82. The van der Waals surface area contributed by atoms with E-state index in [4.69, 9.17) is 5.14 Å². The molecule has 1 aliphatic carbocycles. The molecule has 1 saturated carbocycles. The number of rotatable bonds is 4. The van der Waals surface area contributed by atoms with Gasteiger partial charge in [-0.1, -0.05) is 18.9 Å². The lowest BCUT2D eigenvalue weighted by Gasteiger charge is -2.13. The first-order chi connectivity index (χ1) is 9.42. The molecule has 0 saturated heterocycles. The molecule has 1 aromatic rings. The zero-order chi connectivity index (χ0) is 14.6. The third kappa shape index (κ3) is 4.71. The van der Waals surface area contributed by atoms with Crippen LogP contribution in [0.3, 0.4) is 0 Å². The first-order valence-corrected chi connectivity index (χ1v) is 7.95. The summed E-state index contributed by atoms with van der Waals surface area (Å²) in [6.07, 6.45) is 4.28. The number of urea groups is 1. The summed E-state index contributed by atoms with van der Waals surface area (Å²) in [4.78, 5) is 11.8. The van der Waals surface area contributed by atoms with Gasteiger partial charge in [0.1, 0.15) is 0 Å². The number of carbonyl (C=O) groups is 1. The van der Waals surface area contributed by atoms with E-state index in [2.05, 4.69) is 15.4 Å². The van der Waals surface area contributed by atoms with Gasteiger partial charge in [0, 0.05) is 11.7 Å². The van der Waals surface area contributed by atoms with Crippen LogP contribution in [0.2, 0.25) is 0 Å². The summed E-state index contributed by atoms with van der Waals surface area (Å²) in [5.41, 5.74) is 0.792. The van der Waals surface area contributed by atoms with E-state index in [9.17, 15) is 13.2 Å². The number of anilines is 2. The summed E-state index contributed by atoms with van der Waals surface area (Å²) < 4.78 is 24.0. The maximum absolute atomic E-state index is 11.8. The highest BCUT2D eigenvalue weighted by Gasteiger charge is 2.17. The average Bonchev–Trinajstić information content (AvgIpc) is 2.79. The Balaban J connectivity index is 1.95. The van der Waals surface area contributed by atoms with Gasteiger partial charge in [-0.25, -0.2) is 9.93 Å². The van der Waals surface area contributed by atoms with Crippen LogP contribution in [0.1, 0.15) is 25.7 Å². The average molecular weight is 298 g/mol. The molecule has 2 amide bonds. The van der Waals surface area contributed by atoms with Crippen molar-refractivity contribution in [2.24, 2.45) is 5.14 Å². The van der Waals surface area contributed by atoms with Crippen molar-refractivity contribution < 1.29 is 13.2 Å². The van der Waals surface area contributed by atoms with Gasteiger partial charge in [0.25, 0.3) is 10.2 Å². The molecule has 0 spiro atoms. The molecular formula is C12H18N4O3S. The second kappa shape index (κ2) is 6.10. The molecule has 7 nitrogen and oxygen atoms in total. The van der Waals surface area contributed by atoms with Crippen LogP contribution < -0.4 is 20.5 Å². The van der Waals surface area contributed by atoms with Crippen LogP contribution in [0.15, 0.2) is 24.3 Å². The van der Waals surface area contributed by atoms with Crippen LogP contribution in [0.5, 0.6) is 0 Å². The molecule has 0 atom stereocenters. The van der Waals surface area contributed by atoms with Crippen LogP contribution in [0, 0.1) is 0 Å². The van der Waals surface area contributed by atoms with E-state index in [0.29, 0.717) is 11.4 Å². The van der Waals surface area contributed by atoms with E-state index in [1.54, 1.807) is 18.2 Å². The van der Waals surface area contributed by atoms with Crippen molar-refractivity contribution >= 4 is 27.6 Å². The van der Waals surface area contributed by atoms with Crippen molar-refractivity contribution in [3.8, 4) is 0 Å². The molecule has 0 heterocycles. The van der Waals surface area contributed by atoms with Crippen molar-refractivity contribution in [1.82, 2.24) is 5.32 Å². The van der Waals surface area contributed by atoms with Crippen molar-refractivity contribution in [3.63, 3.8) is 0 Å². The lowest BCUT2D eigenvalue weighted by Crippen LogP contribution is -2.36. The van der Waals surface area contributed by atoms with E-state index < -0.39 is 10.2 Å². The smallest absolute Gasteiger partial charge is 0.319 e. The molecule has 110 valence electrons. The summed E-state index contributed by atoms with van der Waals surface area (Å²) in [6.45, 7) is 0. The van der Waals surface area contributed by atoms with Crippen LogP contribution in [0.25, 0.3) is 0 Å². The van der Waals surface area contributed by atoms with Crippen LogP contribution >= 0.6 is 0 Å². The normalized spacial score (nSPS) is 15.8. The second-order valence-electron chi connectivity index (χ2n) is 4.81. The predicted octanol–water partition coefficient (Wildman–Crippen LogP) is 1.37. The molecular weight excluding hydrogens is 280 g/mol. The lowest BCUT2D eigenvalue weighted by molar-refractivity contribution is 0.248. The van der Waals surface area contributed by atoms with Gasteiger partial charge >= 0.3 is 6.03 Å². The van der Waals surface area contributed by atoms with E-state index in [1.807, 2.05) is 0 Å². The number of hydrogen-bond acceptors (Lipinski definition) is 3. The van der Waals surface area contributed by atoms with Crippen LogP contribution in [-0.4, -0.2) is 20.5 Å². The Hall–Kier alpha value is -1.80. The minimum absolute atomic E-state index is 0.223. The summed E-state index contributed by atoms with van der Waals surface area (Å²) in [5, 5.41) is 10.4. The number of nitrogens with two attached hydrogens (primary N) is 1. The van der Waals surface area contributed by atoms with Gasteiger partial charge in [-0.2, -0.15) is 8.42 Å². The van der Waals surface area contributed by atoms with Crippen molar-refractivity contribution in [3.05, 3.63) is 24.3 Å². The molecule has 0 aromatic heterocycles. The van der Waals surface area contributed by atoms with E-state index in [1.165, 1.54) is 6.07 Å². The first-order valence-electron chi connectivity index (χ1n) is 6.40. The van der Waals surface area contributed by atoms with Gasteiger partial charge in [-0.3, -0.25) is 4.72 Å². The van der Waals surface area contributed by atoms with Crippen molar-refractivity contribution in [1.29, 1.82) is 0 Å². The predicted molar refractivity (Wildman–Crippen MR) is 77.6 cm³/mol. The number of amides is 2. The zero-order valence-corrected chi connectivity index (χ0v) is 11.7. The minimum atomic E-state index is -3.82. The molecule has 2 rings (SSSR count). The summed E-state index contributed by atoms with van der Waals surface area (Å²) in [6, 6.07) is 6.27. The highest BCUT2D eigenvalue weighted by Crippen LogP contribution is 2.18. The maximum Gasteiger partial charge on any atom is 0.319 e. The highest BCUT2D eigenvalue weighted by atomic mass is 32.2. The number of benzene rings is 1. The third-order valence-corrected chi connectivity index (χ3v) is 3.59. The van der Waals surface area contributed by atoms with E-state index >= 15 is 0 Å². The fourth-order valence-corrected chi connectivity index (χ4v) is 2.70. The molecule has 8 heteroatoms. The zero-order valence-electron chi connectivity index (χ0n) is 10.9. The Morgan fingerprint density at radius 1 is 1.20 bits per heavy atom. The summed E-state index contributed by atoms with van der Waals surface area (Å²) >= 11 is 0. The molecule has 0 bridgehead atoms. The number of nitrogens with one attached hydrogen (secondary N) is 3. The Labute approximate surface area is 118 Å². The van der Waals surface area contributed by atoms with E-state index in [-0.39, 0.29) is 12.1 Å². The topological polar surface area (TPSA) is 113 Å². The molecule has 0 aliphatic heterocycles. The third-order valence-electron chi connectivity index (χ3n) is 3.07. The Morgan fingerprint density at radius 2 is 1.85 bits per heavy atom. The van der Waals surface area contributed by atoms with Crippen molar-refractivity contribution in [2.75, 3.05) is 10.0 Å². The summed E-state index contributed by atoms with van der Waals surface area (Å²) in [5.74, 6) is 0. The van der Waals surface area contributed by atoms with Gasteiger partial charge in [0.15, 0.2) is 0 Å². The molecule has 1 aliphatic rings. The van der Waals surface area contributed by atoms with Crippen LogP contribution in [0.4, 0.5) is 16.2 Å². The van der Waals surface area contributed by atoms with Gasteiger partial charge < -0.3 is 10.6 Å². The first kappa shape index (κ1) is 14.6. The van der Waals surface area contributed by atoms with Gasteiger partial charge in [-0.15, -0.1) is 0 Å². The van der Waals surface area contributed by atoms with Gasteiger partial charge in [-0.05, 0) is 31.0 Å². The Bertz CT molecular complexity index is 582. The maximum atomic E-state index is 11.8. The Morgan fingerprint density at radius 3 is 2.50 bits per heavy atom. The largest absolute Gasteiger partial charge is 0.335 e. The van der Waals surface area contributed by atoms with E-state index in [0.717, 1.165) is 25.7 Å². The monoisotopic (exact) mass is 298 g/mol. The molecule has 20 heavy (non-hydrogen) atoms. The molecule has 0 radical (unpaired) electrons. The number of hydrogen-bond donors (Lipinski definition) is 4. The molecule has 1 fully saturated rings. The molecule has 5 N–H and O–H groups in total. The lowest BCUT2D eigenvalue weighted by atomic mass is 10.2. The van der Waals surface area contributed by atoms with Crippen LogP contribution in [-0.2, 0) is 10.2 Å². The second-order valence-corrected chi connectivity index (χ2v) is 6.10.